The molecule has 1 heterocycles. The van der Waals surface area contributed by atoms with Gasteiger partial charge in [0.1, 0.15) is 12.4 Å². The van der Waals surface area contributed by atoms with Crippen LogP contribution in [0.4, 0.5) is 0 Å². The molecular weight excluding hydrogens is 370 g/mol. The molecule has 0 unspecified atom stereocenters. The second kappa shape index (κ2) is 10.1. The number of hydrogen-bond donors (Lipinski definition) is 1. The average Bonchev–Trinajstić information content (AvgIpc) is 3.24. The van der Waals surface area contributed by atoms with Gasteiger partial charge in [-0.05, 0) is 62.3 Å². The van der Waals surface area contributed by atoms with Crippen molar-refractivity contribution in [3.63, 3.8) is 0 Å². The summed E-state index contributed by atoms with van der Waals surface area (Å²) in [7, 11) is 0. The van der Waals surface area contributed by atoms with E-state index in [1.807, 2.05) is 0 Å². The van der Waals surface area contributed by atoms with Crippen molar-refractivity contribution in [1.82, 2.24) is 5.32 Å². The maximum Gasteiger partial charge on any atom is 0.338 e. The van der Waals surface area contributed by atoms with Crippen LogP contribution >= 0.6 is 0 Å². The second-order valence-corrected chi connectivity index (χ2v) is 8.40. The first-order valence-electron chi connectivity index (χ1n) is 10.8. The van der Waals surface area contributed by atoms with Crippen molar-refractivity contribution in [2.75, 3.05) is 13.2 Å². The van der Waals surface area contributed by atoms with Gasteiger partial charge in [0.25, 0.3) is 5.91 Å². The van der Waals surface area contributed by atoms with E-state index in [1.54, 1.807) is 31.2 Å². The molecule has 1 saturated carbocycles. The van der Waals surface area contributed by atoms with Gasteiger partial charge in [0, 0.05) is 12.6 Å². The lowest BCUT2D eigenvalue weighted by Crippen LogP contribution is -2.47. The molecule has 5 atom stereocenters. The van der Waals surface area contributed by atoms with Crippen molar-refractivity contribution >= 4 is 11.9 Å². The molecule has 0 radical (unpaired) electrons. The summed E-state index contributed by atoms with van der Waals surface area (Å²) in [6.45, 7) is 7.32. The van der Waals surface area contributed by atoms with E-state index >= 15 is 0 Å². The van der Waals surface area contributed by atoms with Crippen molar-refractivity contribution in [3.8, 4) is 5.75 Å². The zero-order valence-corrected chi connectivity index (χ0v) is 17.7. The van der Waals surface area contributed by atoms with Crippen LogP contribution in [0.5, 0.6) is 5.75 Å². The molecule has 3 rings (SSSR count). The summed E-state index contributed by atoms with van der Waals surface area (Å²) in [6, 6.07) is 6.93. The maximum atomic E-state index is 12.5. The summed E-state index contributed by atoms with van der Waals surface area (Å²) in [6.07, 6.45) is 4.70. The number of hydrogen-bond acceptors (Lipinski definition) is 5. The van der Waals surface area contributed by atoms with Crippen LogP contribution in [0.15, 0.2) is 24.3 Å². The molecular formula is C23H33NO5. The van der Waals surface area contributed by atoms with Crippen molar-refractivity contribution in [1.29, 1.82) is 0 Å². The maximum absolute atomic E-state index is 12.5. The fourth-order valence-electron chi connectivity index (χ4n) is 4.02. The molecule has 6 nitrogen and oxygen atoms in total. The van der Waals surface area contributed by atoms with Gasteiger partial charge in [0.15, 0.2) is 6.10 Å². The number of rotatable bonds is 7. The third-order valence-electron chi connectivity index (χ3n) is 6.24. The van der Waals surface area contributed by atoms with E-state index in [2.05, 4.69) is 19.2 Å². The highest BCUT2D eigenvalue weighted by Gasteiger charge is 2.30. The smallest absolute Gasteiger partial charge is 0.338 e. The third-order valence-corrected chi connectivity index (χ3v) is 6.24. The Morgan fingerprint density at radius 3 is 2.59 bits per heavy atom. The largest absolute Gasteiger partial charge is 0.491 e. The standard InChI is InChI=1S/C23H33NO5/c1-15-6-4-8-21(16(15)2)24-22(25)17(3)29-23(26)18-9-11-19(12-10-18)28-14-20-7-5-13-27-20/h9-12,15-17,20-21H,4-8,13-14H2,1-3H3,(H,24,25)/t15-,16-,17-,20+,21+/m1/s1. The molecule has 1 saturated heterocycles. The Hall–Kier alpha value is -2.08. The summed E-state index contributed by atoms with van der Waals surface area (Å²) in [5, 5.41) is 3.06. The van der Waals surface area contributed by atoms with Crippen molar-refractivity contribution < 1.29 is 23.8 Å². The van der Waals surface area contributed by atoms with Crippen LogP contribution < -0.4 is 10.1 Å². The fraction of sp³-hybridized carbons (Fsp3) is 0.652. The highest BCUT2D eigenvalue weighted by Crippen LogP contribution is 2.29. The highest BCUT2D eigenvalue weighted by molar-refractivity contribution is 5.92. The number of esters is 1. The summed E-state index contributed by atoms with van der Waals surface area (Å²) >= 11 is 0. The summed E-state index contributed by atoms with van der Waals surface area (Å²) in [4.78, 5) is 24.9. The Kier molecular flexibility index (Phi) is 7.53. The quantitative estimate of drug-likeness (QED) is 0.702. The third kappa shape index (κ3) is 5.95. The van der Waals surface area contributed by atoms with E-state index in [4.69, 9.17) is 14.2 Å². The second-order valence-electron chi connectivity index (χ2n) is 8.40. The minimum Gasteiger partial charge on any atom is -0.491 e. The van der Waals surface area contributed by atoms with Gasteiger partial charge in [0.05, 0.1) is 11.7 Å². The van der Waals surface area contributed by atoms with E-state index in [1.165, 1.54) is 6.42 Å². The molecule has 0 spiro atoms. The zero-order chi connectivity index (χ0) is 20.8. The lowest BCUT2D eigenvalue weighted by atomic mass is 9.78. The average molecular weight is 404 g/mol. The number of benzene rings is 1. The lowest BCUT2D eigenvalue weighted by Gasteiger charge is -2.35. The molecule has 2 aliphatic rings. The van der Waals surface area contributed by atoms with Crippen LogP contribution in [0.25, 0.3) is 0 Å². The Morgan fingerprint density at radius 1 is 1.14 bits per heavy atom. The number of ether oxygens (including phenoxy) is 3. The molecule has 1 aromatic carbocycles. The lowest BCUT2D eigenvalue weighted by molar-refractivity contribution is -0.130. The number of carbonyl (C=O) groups excluding carboxylic acids is 2. The first-order valence-corrected chi connectivity index (χ1v) is 10.8. The molecule has 29 heavy (non-hydrogen) atoms. The Balaban J connectivity index is 1.46. The monoisotopic (exact) mass is 403 g/mol. The van der Waals surface area contributed by atoms with E-state index in [0.29, 0.717) is 29.8 Å². The number of carbonyl (C=O) groups is 2. The van der Waals surface area contributed by atoms with Gasteiger partial charge < -0.3 is 19.5 Å². The van der Waals surface area contributed by atoms with Gasteiger partial charge in [-0.15, -0.1) is 0 Å². The van der Waals surface area contributed by atoms with Gasteiger partial charge in [0.2, 0.25) is 0 Å². The summed E-state index contributed by atoms with van der Waals surface area (Å²) in [5.74, 6) is 0.957. The normalized spacial score (nSPS) is 27.8. The van der Waals surface area contributed by atoms with Crippen LogP contribution in [0.2, 0.25) is 0 Å². The van der Waals surface area contributed by atoms with Crippen molar-refractivity contribution in [2.24, 2.45) is 11.8 Å². The van der Waals surface area contributed by atoms with Gasteiger partial charge in [-0.1, -0.05) is 26.7 Å². The minimum atomic E-state index is -0.831. The van der Waals surface area contributed by atoms with Gasteiger partial charge in [-0.25, -0.2) is 4.79 Å². The Morgan fingerprint density at radius 2 is 1.90 bits per heavy atom. The first-order chi connectivity index (χ1) is 13.9. The van der Waals surface area contributed by atoms with Crippen molar-refractivity contribution in [3.05, 3.63) is 29.8 Å². The molecule has 2 fully saturated rings. The zero-order valence-electron chi connectivity index (χ0n) is 17.7. The predicted molar refractivity (Wildman–Crippen MR) is 110 cm³/mol. The number of nitrogens with one attached hydrogen (secondary N) is 1. The van der Waals surface area contributed by atoms with Crippen LogP contribution in [0, 0.1) is 11.8 Å². The van der Waals surface area contributed by atoms with Gasteiger partial charge in [-0.2, -0.15) is 0 Å². The van der Waals surface area contributed by atoms with E-state index in [9.17, 15) is 9.59 Å². The molecule has 6 heteroatoms. The van der Waals surface area contributed by atoms with Gasteiger partial charge in [-0.3, -0.25) is 4.79 Å². The van der Waals surface area contributed by atoms with E-state index in [-0.39, 0.29) is 18.1 Å². The minimum absolute atomic E-state index is 0.146. The highest BCUT2D eigenvalue weighted by atomic mass is 16.5. The first kappa shape index (κ1) is 21.6. The summed E-state index contributed by atoms with van der Waals surface area (Å²) < 4.78 is 16.6. The predicted octanol–water partition coefficient (Wildman–Crippen LogP) is 3.73. The molecule has 1 aromatic rings. The van der Waals surface area contributed by atoms with Crippen molar-refractivity contribution in [2.45, 2.75) is 71.1 Å². The molecule has 160 valence electrons. The van der Waals surface area contributed by atoms with Crippen LogP contribution in [0.1, 0.15) is 63.2 Å². The van der Waals surface area contributed by atoms with Crippen LogP contribution in [-0.4, -0.2) is 43.3 Å². The molecule has 0 aromatic heterocycles. The Bertz CT molecular complexity index is 683. The number of amides is 1. The SMILES string of the molecule is C[C@@H]1[C@H](C)CCC[C@@H]1NC(=O)[C@@H](C)OC(=O)c1ccc(OC[C@@H]2CCCO2)cc1. The molecule has 1 amide bonds. The van der Waals surface area contributed by atoms with Gasteiger partial charge >= 0.3 is 5.97 Å². The summed E-state index contributed by atoms with van der Waals surface area (Å²) in [5.41, 5.74) is 0.397. The molecule has 1 N–H and O–H groups in total. The fourth-order valence-corrected chi connectivity index (χ4v) is 4.02. The Labute approximate surface area is 173 Å². The molecule has 0 bridgehead atoms. The topological polar surface area (TPSA) is 73.9 Å². The van der Waals surface area contributed by atoms with E-state index in [0.717, 1.165) is 32.3 Å². The van der Waals surface area contributed by atoms with E-state index < -0.39 is 12.1 Å². The molecule has 1 aliphatic heterocycles. The molecule has 1 aliphatic carbocycles. The van der Waals surface area contributed by atoms with Crippen LogP contribution in [-0.2, 0) is 14.3 Å². The van der Waals surface area contributed by atoms with Crippen LogP contribution in [0.3, 0.4) is 0 Å².